The van der Waals surface area contributed by atoms with Crippen molar-refractivity contribution in [3.63, 3.8) is 0 Å². The van der Waals surface area contributed by atoms with Gasteiger partial charge in [-0.2, -0.15) is 0 Å². The highest BCUT2D eigenvalue weighted by molar-refractivity contribution is 6.03. The fourth-order valence-corrected chi connectivity index (χ4v) is 3.73. The highest BCUT2D eigenvalue weighted by Crippen LogP contribution is 2.25. The van der Waals surface area contributed by atoms with Gasteiger partial charge in [0.1, 0.15) is 11.5 Å². The summed E-state index contributed by atoms with van der Waals surface area (Å²) in [6.07, 6.45) is 0. The molecule has 5 rings (SSSR count). The number of ether oxygens (including phenoxy) is 2. The van der Waals surface area contributed by atoms with Crippen molar-refractivity contribution in [3.8, 4) is 11.5 Å². The summed E-state index contributed by atoms with van der Waals surface area (Å²) in [6, 6.07) is 13.1. The zero-order chi connectivity index (χ0) is 20.8. The van der Waals surface area contributed by atoms with Gasteiger partial charge in [0.2, 0.25) is 0 Å². The Hall–Kier alpha value is -3.88. The third-order valence-corrected chi connectivity index (χ3v) is 5.12. The van der Waals surface area contributed by atoms with E-state index in [1.54, 1.807) is 48.5 Å². The van der Waals surface area contributed by atoms with Crippen LogP contribution in [-0.4, -0.2) is 33.8 Å². The number of nitrogens with one attached hydrogen (secondary N) is 2. The Kier molecular flexibility index (Phi) is 4.16. The molecule has 30 heavy (non-hydrogen) atoms. The molecular formula is C22H16N2O6. The molecule has 8 heteroatoms. The molecule has 8 nitrogen and oxygen atoms in total. The van der Waals surface area contributed by atoms with Crippen LogP contribution in [0, 0.1) is 0 Å². The summed E-state index contributed by atoms with van der Waals surface area (Å²) in [4.78, 5) is 32.5. The van der Waals surface area contributed by atoms with Crippen molar-refractivity contribution < 1.29 is 19.7 Å². The van der Waals surface area contributed by atoms with Gasteiger partial charge in [-0.25, -0.2) is 0 Å². The Balaban J connectivity index is 1.83. The fourth-order valence-electron chi connectivity index (χ4n) is 3.73. The second kappa shape index (κ2) is 6.87. The summed E-state index contributed by atoms with van der Waals surface area (Å²) >= 11 is 0. The van der Waals surface area contributed by atoms with E-state index in [-0.39, 0.29) is 10.9 Å². The first-order chi connectivity index (χ1) is 14.6. The molecule has 0 aliphatic heterocycles. The first-order valence-corrected chi connectivity index (χ1v) is 9.16. The number of hydrogen-bond acceptors (Lipinski definition) is 6. The average Bonchev–Trinajstić information content (AvgIpc) is 2.75. The number of aliphatic hydroxyl groups excluding tert-OH is 2. The van der Waals surface area contributed by atoms with Gasteiger partial charge < -0.3 is 29.7 Å². The molecule has 0 unspecified atom stereocenters. The lowest BCUT2D eigenvalue weighted by molar-refractivity contribution is 0.0982. The van der Waals surface area contributed by atoms with Crippen molar-refractivity contribution in [1.82, 2.24) is 9.97 Å². The molecule has 0 aliphatic rings. The van der Waals surface area contributed by atoms with Gasteiger partial charge in [-0.15, -0.1) is 0 Å². The summed E-state index contributed by atoms with van der Waals surface area (Å²) in [7, 11) is 0. The van der Waals surface area contributed by atoms with E-state index in [0.29, 0.717) is 55.1 Å². The lowest BCUT2D eigenvalue weighted by Crippen LogP contribution is -2.08. The predicted molar refractivity (Wildman–Crippen MR) is 113 cm³/mol. The highest BCUT2D eigenvalue weighted by Gasteiger charge is 2.12. The molecule has 0 saturated heterocycles. The van der Waals surface area contributed by atoms with E-state index in [1.165, 1.54) is 0 Å². The first kappa shape index (κ1) is 18.2. The van der Waals surface area contributed by atoms with E-state index in [9.17, 15) is 9.59 Å². The van der Waals surface area contributed by atoms with Crippen LogP contribution >= 0.6 is 0 Å². The minimum atomic E-state index is -0.485. The van der Waals surface area contributed by atoms with Crippen LogP contribution in [-0.2, 0) is 0 Å². The van der Waals surface area contributed by atoms with Crippen molar-refractivity contribution in [2.45, 2.75) is 0 Å². The van der Waals surface area contributed by atoms with Crippen molar-refractivity contribution in [2.24, 2.45) is 0 Å². The van der Waals surface area contributed by atoms with Gasteiger partial charge in [-0.3, -0.25) is 9.59 Å². The summed E-state index contributed by atoms with van der Waals surface area (Å²) in [5.74, 6) is 0.770. The average molecular weight is 404 g/mol. The molecule has 0 aliphatic carbocycles. The number of aromatic nitrogens is 2. The molecule has 4 N–H and O–H groups in total. The molecule has 150 valence electrons. The van der Waals surface area contributed by atoms with E-state index in [1.807, 2.05) is 0 Å². The van der Waals surface area contributed by atoms with Gasteiger partial charge in [0.15, 0.2) is 24.4 Å². The van der Waals surface area contributed by atoms with Crippen LogP contribution in [0.1, 0.15) is 0 Å². The number of aliphatic hydroxyl groups is 2. The number of rotatable bonds is 4. The van der Waals surface area contributed by atoms with Crippen molar-refractivity contribution in [2.75, 3.05) is 13.6 Å². The quantitative estimate of drug-likeness (QED) is 0.269. The molecule has 2 aromatic heterocycles. The zero-order valence-corrected chi connectivity index (χ0v) is 15.6. The summed E-state index contributed by atoms with van der Waals surface area (Å²) in [6.45, 7) is -0.970. The van der Waals surface area contributed by atoms with Gasteiger partial charge in [0.05, 0.1) is 22.1 Å². The van der Waals surface area contributed by atoms with Gasteiger partial charge in [-0.05, 0) is 48.5 Å². The molecular weight excluding hydrogens is 388 g/mol. The number of H-pyrrole nitrogens is 2. The Morgan fingerprint density at radius 1 is 0.600 bits per heavy atom. The van der Waals surface area contributed by atoms with Crippen LogP contribution in [0.25, 0.3) is 43.6 Å². The molecule has 0 spiro atoms. The standard InChI is InChI=1S/C22H16N2O6/c25-9-29-11-1-3-17-13(5-11)21(27)15-8-20-16(7-19(15)23-17)22(28)14-6-12(30-10-26)2-4-18(14)24-20/h1-8,25-26H,9-10H2,(H,23,27)(H,24,28). The number of fused-ring (bicyclic) bond motifs is 4. The number of hydrogen-bond donors (Lipinski definition) is 4. The molecule has 0 saturated carbocycles. The van der Waals surface area contributed by atoms with E-state index in [2.05, 4.69) is 9.97 Å². The normalized spacial score (nSPS) is 11.5. The van der Waals surface area contributed by atoms with Gasteiger partial charge in [0.25, 0.3) is 0 Å². The molecule has 3 aromatic carbocycles. The third-order valence-electron chi connectivity index (χ3n) is 5.12. The topological polar surface area (TPSA) is 125 Å². The van der Waals surface area contributed by atoms with E-state index in [0.717, 1.165) is 0 Å². The maximum absolute atomic E-state index is 13.1. The maximum Gasteiger partial charge on any atom is 0.197 e. The number of benzene rings is 3. The second-order valence-electron chi connectivity index (χ2n) is 6.81. The minimum Gasteiger partial charge on any atom is -0.468 e. The SMILES string of the molecule is O=c1c2cc(OCO)ccc2[nH]c2cc3c(=O)c4cc(OCO)ccc4[nH]c3cc12. The molecule has 0 fully saturated rings. The summed E-state index contributed by atoms with van der Waals surface area (Å²) in [5, 5.41) is 19.6. The van der Waals surface area contributed by atoms with Gasteiger partial charge in [0, 0.05) is 21.5 Å². The van der Waals surface area contributed by atoms with Crippen LogP contribution in [0.15, 0.2) is 58.1 Å². The summed E-state index contributed by atoms with van der Waals surface area (Å²) in [5.41, 5.74) is 1.82. The monoisotopic (exact) mass is 404 g/mol. The lowest BCUT2D eigenvalue weighted by atomic mass is 10.1. The zero-order valence-electron chi connectivity index (χ0n) is 15.6. The van der Waals surface area contributed by atoms with E-state index in [4.69, 9.17) is 19.7 Å². The number of pyridine rings is 2. The molecule has 0 amide bonds. The fraction of sp³-hybridized carbons (Fsp3) is 0.0909. The Morgan fingerprint density at radius 2 is 1.00 bits per heavy atom. The maximum atomic E-state index is 13.1. The van der Waals surface area contributed by atoms with Crippen LogP contribution in [0.2, 0.25) is 0 Å². The molecule has 0 bridgehead atoms. The Bertz CT molecular complexity index is 1450. The second-order valence-corrected chi connectivity index (χ2v) is 6.81. The van der Waals surface area contributed by atoms with Crippen LogP contribution in [0.4, 0.5) is 0 Å². The van der Waals surface area contributed by atoms with Crippen LogP contribution < -0.4 is 20.3 Å². The van der Waals surface area contributed by atoms with Gasteiger partial charge >= 0.3 is 0 Å². The number of aromatic amines is 2. The van der Waals surface area contributed by atoms with Gasteiger partial charge in [-0.1, -0.05) is 0 Å². The molecule has 0 atom stereocenters. The largest absolute Gasteiger partial charge is 0.468 e. The highest BCUT2D eigenvalue weighted by atomic mass is 16.6. The van der Waals surface area contributed by atoms with Crippen molar-refractivity contribution in [1.29, 1.82) is 0 Å². The van der Waals surface area contributed by atoms with E-state index < -0.39 is 13.6 Å². The molecule has 5 aromatic rings. The van der Waals surface area contributed by atoms with Crippen molar-refractivity contribution >= 4 is 43.6 Å². The smallest absolute Gasteiger partial charge is 0.197 e. The lowest BCUT2D eigenvalue weighted by Gasteiger charge is -2.09. The first-order valence-electron chi connectivity index (χ1n) is 9.16. The van der Waals surface area contributed by atoms with E-state index >= 15 is 0 Å². The van der Waals surface area contributed by atoms with Crippen molar-refractivity contribution in [3.05, 3.63) is 69.0 Å². The Morgan fingerprint density at radius 3 is 1.40 bits per heavy atom. The molecule has 2 heterocycles. The minimum absolute atomic E-state index is 0.211. The summed E-state index contributed by atoms with van der Waals surface area (Å²) < 4.78 is 10.1. The van der Waals surface area contributed by atoms with Crippen LogP contribution in [0.5, 0.6) is 11.5 Å². The Labute approximate surface area is 167 Å². The van der Waals surface area contributed by atoms with Crippen LogP contribution in [0.3, 0.4) is 0 Å². The predicted octanol–water partition coefficient (Wildman–Crippen LogP) is 2.33. The third kappa shape index (κ3) is 2.78. The molecule has 0 radical (unpaired) electrons.